The van der Waals surface area contributed by atoms with Crippen LogP contribution in [0.15, 0.2) is 23.4 Å². The highest BCUT2D eigenvalue weighted by molar-refractivity contribution is 5.85. The first kappa shape index (κ1) is 17.1. The fourth-order valence-corrected chi connectivity index (χ4v) is 1.99. The fourth-order valence-electron chi connectivity index (χ4n) is 1.99. The molecule has 6 heteroatoms. The van der Waals surface area contributed by atoms with Crippen molar-refractivity contribution in [3.05, 3.63) is 24.0 Å². The number of nitrogens with zero attached hydrogens (tertiary/aromatic N) is 1. The quantitative estimate of drug-likeness (QED) is 0.226. The second-order valence-corrected chi connectivity index (χ2v) is 5.60. The molecule has 0 atom stereocenters. The van der Waals surface area contributed by atoms with Gasteiger partial charge in [-0.15, -0.1) is 0 Å². The summed E-state index contributed by atoms with van der Waals surface area (Å²) in [5, 5.41) is 15.0. The lowest BCUT2D eigenvalue weighted by Crippen LogP contribution is -2.31. The van der Waals surface area contributed by atoms with E-state index in [1.165, 1.54) is 19.2 Å². The summed E-state index contributed by atoms with van der Waals surface area (Å²) >= 11 is 0. The lowest BCUT2D eigenvalue weighted by molar-refractivity contribution is 0.304. The number of nitrogens with one attached hydrogen (secondary N) is 1. The van der Waals surface area contributed by atoms with E-state index in [2.05, 4.69) is 10.5 Å². The molecule has 1 aromatic carbocycles. The summed E-state index contributed by atoms with van der Waals surface area (Å²) < 4.78 is 18.2. The fraction of sp³-hybridized carbons (Fsp3) is 0.533. The van der Waals surface area contributed by atoms with E-state index >= 15 is 0 Å². The molecule has 0 aliphatic carbocycles. The summed E-state index contributed by atoms with van der Waals surface area (Å²) in [5.74, 6) is 0.417. The molecule has 5 nitrogen and oxygen atoms in total. The average Bonchev–Trinajstić information content (AvgIpc) is 2.46. The van der Waals surface area contributed by atoms with Crippen molar-refractivity contribution < 1.29 is 14.3 Å². The highest BCUT2D eigenvalue weighted by Crippen LogP contribution is 2.26. The third kappa shape index (κ3) is 5.13. The second kappa shape index (κ2) is 7.71. The minimum Gasteiger partial charge on any atom is -0.494 e. The van der Waals surface area contributed by atoms with Crippen molar-refractivity contribution >= 4 is 11.5 Å². The highest BCUT2D eigenvalue weighted by Gasteiger charge is 2.22. The van der Waals surface area contributed by atoms with E-state index in [0.717, 1.165) is 31.5 Å². The molecule has 0 radical (unpaired) electrons. The molecular weight excluding hydrogens is 273 g/mol. The van der Waals surface area contributed by atoms with Gasteiger partial charge in [-0.1, -0.05) is 25.4 Å². The van der Waals surface area contributed by atoms with Gasteiger partial charge in [0.05, 0.1) is 12.8 Å². The number of ether oxygens (including phenoxy) is 1. The predicted molar refractivity (Wildman–Crippen MR) is 82.5 cm³/mol. The number of nitrogens with two attached hydrogens (primary N) is 1. The number of hydrogen-bond acceptors (Lipinski definition) is 4. The Morgan fingerprint density at radius 2 is 2.14 bits per heavy atom. The highest BCUT2D eigenvalue weighted by atomic mass is 19.1. The Morgan fingerprint density at radius 3 is 2.76 bits per heavy atom. The average molecular weight is 297 g/mol. The molecule has 0 bridgehead atoms. The summed E-state index contributed by atoms with van der Waals surface area (Å²) in [4.78, 5) is 0. The lowest BCUT2D eigenvalue weighted by Gasteiger charge is -2.22. The van der Waals surface area contributed by atoms with Gasteiger partial charge in [-0.3, -0.25) is 0 Å². The maximum absolute atomic E-state index is 13.1. The van der Waals surface area contributed by atoms with Gasteiger partial charge in [-0.2, -0.15) is 0 Å². The van der Waals surface area contributed by atoms with Crippen LogP contribution in [-0.2, 0) is 0 Å². The maximum Gasteiger partial charge on any atom is 0.144 e. The third-order valence-corrected chi connectivity index (χ3v) is 3.51. The summed E-state index contributed by atoms with van der Waals surface area (Å²) in [5.41, 5.74) is 6.10. The second-order valence-electron chi connectivity index (χ2n) is 5.60. The number of methoxy groups -OCH3 is 1. The smallest absolute Gasteiger partial charge is 0.144 e. The van der Waals surface area contributed by atoms with Gasteiger partial charge in [0, 0.05) is 18.0 Å². The van der Waals surface area contributed by atoms with E-state index in [-0.39, 0.29) is 17.1 Å². The summed E-state index contributed by atoms with van der Waals surface area (Å²) in [6.07, 6.45) is 2.67. The van der Waals surface area contributed by atoms with Crippen LogP contribution in [0.5, 0.6) is 5.75 Å². The van der Waals surface area contributed by atoms with Gasteiger partial charge >= 0.3 is 0 Å². The molecule has 0 spiro atoms. The van der Waals surface area contributed by atoms with Crippen LogP contribution in [0.25, 0.3) is 0 Å². The monoisotopic (exact) mass is 297 g/mol. The zero-order valence-corrected chi connectivity index (χ0v) is 12.8. The Bertz CT molecular complexity index is 490. The van der Waals surface area contributed by atoms with Crippen LogP contribution in [-0.4, -0.2) is 24.7 Å². The number of hydrogen-bond donors (Lipinski definition) is 3. The van der Waals surface area contributed by atoms with Crippen LogP contribution in [0.2, 0.25) is 0 Å². The number of rotatable bonds is 8. The molecule has 0 fully saturated rings. The molecule has 0 aliphatic rings. The van der Waals surface area contributed by atoms with Gasteiger partial charge in [0.15, 0.2) is 0 Å². The first-order valence-corrected chi connectivity index (χ1v) is 6.96. The number of oxime groups is 1. The minimum absolute atomic E-state index is 0.246. The van der Waals surface area contributed by atoms with Gasteiger partial charge in [-0.25, -0.2) is 4.39 Å². The van der Waals surface area contributed by atoms with Crippen molar-refractivity contribution in [2.24, 2.45) is 16.3 Å². The summed E-state index contributed by atoms with van der Waals surface area (Å²) in [6.45, 7) is 4.63. The van der Waals surface area contributed by atoms with E-state index in [0.29, 0.717) is 5.75 Å². The topological polar surface area (TPSA) is 79.9 Å². The Morgan fingerprint density at radius 1 is 1.43 bits per heavy atom. The molecule has 0 saturated carbocycles. The number of halogens is 1. The van der Waals surface area contributed by atoms with Gasteiger partial charge in [0.1, 0.15) is 17.4 Å². The molecule has 4 N–H and O–H groups in total. The van der Waals surface area contributed by atoms with Crippen molar-refractivity contribution in [2.45, 2.75) is 33.1 Å². The first-order valence-electron chi connectivity index (χ1n) is 6.96. The Kier molecular flexibility index (Phi) is 6.27. The SMILES string of the molecule is COc1cc(F)ccc1NCCCCC(C)(C)/C(N)=N/O. The molecule has 118 valence electrons. The Labute approximate surface area is 125 Å². The van der Waals surface area contributed by atoms with Crippen LogP contribution >= 0.6 is 0 Å². The Balaban J connectivity index is 2.38. The largest absolute Gasteiger partial charge is 0.494 e. The first-order chi connectivity index (χ1) is 9.90. The molecule has 1 aromatic rings. The van der Waals surface area contributed by atoms with Crippen LogP contribution < -0.4 is 15.8 Å². The van der Waals surface area contributed by atoms with E-state index in [1.54, 1.807) is 6.07 Å². The van der Waals surface area contributed by atoms with Gasteiger partial charge < -0.3 is 21.0 Å². The summed E-state index contributed by atoms with van der Waals surface area (Å²) in [6, 6.07) is 4.41. The van der Waals surface area contributed by atoms with Crippen LogP contribution in [0.4, 0.5) is 10.1 Å². The predicted octanol–water partition coefficient (Wildman–Crippen LogP) is 3.19. The van der Waals surface area contributed by atoms with Crippen molar-refractivity contribution in [1.29, 1.82) is 0 Å². The third-order valence-electron chi connectivity index (χ3n) is 3.51. The number of amidine groups is 1. The van der Waals surface area contributed by atoms with Crippen LogP contribution in [0.1, 0.15) is 33.1 Å². The van der Waals surface area contributed by atoms with Crippen molar-refractivity contribution in [1.82, 2.24) is 0 Å². The number of anilines is 1. The van der Waals surface area contributed by atoms with E-state index in [9.17, 15) is 4.39 Å². The zero-order valence-electron chi connectivity index (χ0n) is 12.8. The van der Waals surface area contributed by atoms with E-state index < -0.39 is 0 Å². The molecule has 0 aliphatic heterocycles. The molecule has 0 amide bonds. The van der Waals surface area contributed by atoms with Crippen LogP contribution in [0, 0.1) is 11.2 Å². The van der Waals surface area contributed by atoms with E-state index in [4.69, 9.17) is 15.7 Å². The molecule has 0 heterocycles. The van der Waals surface area contributed by atoms with Gasteiger partial charge in [-0.05, 0) is 25.0 Å². The van der Waals surface area contributed by atoms with Gasteiger partial charge in [0.25, 0.3) is 0 Å². The standard InChI is InChI=1S/C15H24FN3O2/c1-15(2,14(17)19-20)8-4-5-9-18-12-7-6-11(16)10-13(12)21-3/h6-7,10,18,20H,4-5,8-9H2,1-3H3,(H2,17,19). The van der Waals surface area contributed by atoms with Gasteiger partial charge in [0.2, 0.25) is 0 Å². The molecule has 21 heavy (non-hydrogen) atoms. The normalized spacial score (nSPS) is 12.3. The molecule has 0 saturated heterocycles. The maximum atomic E-state index is 13.1. The summed E-state index contributed by atoms with van der Waals surface area (Å²) in [7, 11) is 1.51. The lowest BCUT2D eigenvalue weighted by atomic mass is 9.86. The molecular formula is C15H24FN3O2. The Hall–Kier alpha value is -1.98. The van der Waals surface area contributed by atoms with E-state index in [1.807, 2.05) is 13.8 Å². The van der Waals surface area contributed by atoms with Crippen LogP contribution in [0.3, 0.4) is 0 Å². The number of unbranched alkanes of at least 4 members (excludes halogenated alkanes) is 1. The zero-order chi connectivity index (χ0) is 15.9. The minimum atomic E-state index is -0.321. The molecule has 0 unspecified atom stereocenters. The number of benzene rings is 1. The molecule has 1 rings (SSSR count). The van der Waals surface area contributed by atoms with Crippen molar-refractivity contribution in [3.8, 4) is 5.75 Å². The van der Waals surface area contributed by atoms with Crippen molar-refractivity contribution in [2.75, 3.05) is 19.0 Å². The molecule has 0 aromatic heterocycles. The van der Waals surface area contributed by atoms with Crippen molar-refractivity contribution in [3.63, 3.8) is 0 Å².